The second kappa shape index (κ2) is 8.45. The zero-order chi connectivity index (χ0) is 19.9. The molecule has 0 bridgehead atoms. The molecule has 2 unspecified atom stereocenters. The predicted octanol–water partition coefficient (Wildman–Crippen LogP) is 3.53. The number of nitrogens with zero attached hydrogens (tertiary/aromatic N) is 2. The molecule has 1 fully saturated rings. The van der Waals surface area contributed by atoms with E-state index in [0.717, 1.165) is 34.7 Å². The third-order valence-corrected chi connectivity index (χ3v) is 5.95. The lowest BCUT2D eigenvalue weighted by atomic mass is 9.79. The second-order valence-electron chi connectivity index (χ2n) is 7.50. The number of nitrogens with one attached hydrogen (secondary N) is 1. The van der Waals surface area contributed by atoms with E-state index in [1.54, 1.807) is 0 Å². The van der Waals surface area contributed by atoms with Crippen LogP contribution in [0, 0.1) is 5.92 Å². The molecule has 1 aliphatic carbocycles. The first-order valence-corrected chi connectivity index (χ1v) is 10.2. The number of carbonyl (C=O) groups excluding carboxylic acids is 1. The monoisotopic (exact) mass is 482 g/mol. The van der Waals surface area contributed by atoms with E-state index in [2.05, 4.69) is 31.4 Å². The van der Waals surface area contributed by atoms with Crippen molar-refractivity contribution in [3.63, 3.8) is 0 Å². The Hall–Kier alpha value is -1.90. The van der Waals surface area contributed by atoms with Crippen molar-refractivity contribution in [1.82, 2.24) is 15.5 Å². The number of aromatic nitrogens is 2. The van der Waals surface area contributed by atoms with Crippen molar-refractivity contribution in [2.24, 2.45) is 11.7 Å². The predicted molar refractivity (Wildman–Crippen MR) is 115 cm³/mol. The Bertz CT molecular complexity index is 944. The van der Waals surface area contributed by atoms with E-state index in [0.29, 0.717) is 42.3 Å². The molecule has 1 aromatic heterocycles. The van der Waals surface area contributed by atoms with Gasteiger partial charge in [0.05, 0.1) is 17.2 Å². The summed E-state index contributed by atoms with van der Waals surface area (Å²) in [5.74, 6) is 1.75. The van der Waals surface area contributed by atoms with E-state index in [4.69, 9.17) is 14.9 Å². The van der Waals surface area contributed by atoms with E-state index in [1.165, 1.54) is 0 Å². The highest BCUT2D eigenvalue weighted by Gasteiger charge is 2.47. The maximum absolute atomic E-state index is 12.1. The van der Waals surface area contributed by atoms with Crippen molar-refractivity contribution in [3.8, 4) is 5.75 Å². The molecule has 0 spiro atoms. The summed E-state index contributed by atoms with van der Waals surface area (Å²) >= 11 is 3.53. The van der Waals surface area contributed by atoms with Gasteiger partial charge in [-0.05, 0) is 50.5 Å². The van der Waals surface area contributed by atoms with Crippen LogP contribution in [0.2, 0.25) is 0 Å². The van der Waals surface area contributed by atoms with Crippen molar-refractivity contribution < 1.29 is 13.9 Å². The first-order chi connectivity index (χ1) is 13.5. The van der Waals surface area contributed by atoms with E-state index in [9.17, 15) is 4.79 Å². The van der Waals surface area contributed by atoms with Gasteiger partial charge in [0, 0.05) is 22.5 Å². The largest absolute Gasteiger partial charge is 0.492 e. The third-order valence-electron chi connectivity index (χ3n) is 5.46. The van der Waals surface area contributed by atoms with Crippen LogP contribution in [0.3, 0.4) is 0 Å². The van der Waals surface area contributed by atoms with Gasteiger partial charge in [0.25, 0.3) is 5.89 Å². The highest BCUT2D eigenvalue weighted by molar-refractivity contribution is 9.10. The standard InChI is InChI=1S/C20H23BrN4O3.ClH/c1-11-15(10-26)20(2,14-9-13(21)5-6-16(14)27-8-7-22)23-17(11)19-25-24-18(28-19)12-3-4-12;/h5-6,9-10,12,15,23H,3-4,7-8,22H2,1-2H3;1H. The summed E-state index contributed by atoms with van der Waals surface area (Å²) in [6, 6.07) is 5.76. The molecular formula is C20H24BrClN4O3. The number of nitrogens with two attached hydrogens (primary N) is 1. The zero-order valence-corrected chi connectivity index (χ0v) is 18.7. The molecule has 1 aromatic carbocycles. The summed E-state index contributed by atoms with van der Waals surface area (Å²) in [7, 11) is 0. The maximum Gasteiger partial charge on any atom is 0.263 e. The first-order valence-electron chi connectivity index (χ1n) is 9.39. The van der Waals surface area contributed by atoms with Crippen LogP contribution in [-0.4, -0.2) is 29.6 Å². The SMILES string of the molecule is CC1=C(c2nnc(C3CC3)o2)NC(C)(c2cc(Br)ccc2OCCN)C1C=O.Cl. The number of hydrogen-bond acceptors (Lipinski definition) is 7. The Balaban J connectivity index is 0.00000240. The van der Waals surface area contributed by atoms with Gasteiger partial charge in [-0.3, -0.25) is 0 Å². The highest BCUT2D eigenvalue weighted by Crippen LogP contribution is 2.47. The molecule has 2 aromatic rings. The highest BCUT2D eigenvalue weighted by atomic mass is 79.9. The fraction of sp³-hybridized carbons (Fsp3) is 0.450. The van der Waals surface area contributed by atoms with Crippen LogP contribution in [0.25, 0.3) is 5.70 Å². The summed E-state index contributed by atoms with van der Waals surface area (Å²) in [4.78, 5) is 12.1. The van der Waals surface area contributed by atoms with Crippen molar-refractivity contribution in [2.75, 3.05) is 13.2 Å². The van der Waals surface area contributed by atoms with Crippen LogP contribution in [0.1, 0.15) is 50.0 Å². The van der Waals surface area contributed by atoms with Gasteiger partial charge in [0.2, 0.25) is 5.89 Å². The summed E-state index contributed by atoms with van der Waals surface area (Å²) < 4.78 is 12.6. The van der Waals surface area contributed by atoms with E-state index >= 15 is 0 Å². The van der Waals surface area contributed by atoms with Gasteiger partial charge >= 0.3 is 0 Å². The number of benzene rings is 1. The molecule has 1 saturated carbocycles. The topological polar surface area (TPSA) is 103 Å². The van der Waals surface area contributed by atoms with Gasteiger partial charge in [-0.25, -0.2) is 0 Å². The quantitative estimate of drug-likeness (QED) is 0.581. The van der Waals surface area contributed by atoms with Crippen LogP contribution >= 0.6 is 28.3 Å². The van der Waals surface area contributed by atoms with Crippen LogP contribution in [0.5, 0.6) is 5.75 Å². The minimum atomic E-state index is -0.719. The van der Waals surface area contributed by atoms with Crippen molar-refractivity contribution >= 4 is 40.3 Å². The Morgan fingerprint density at radius 2 is 2.17 bits per heavy atom. The summed E-state index contributed by atoms with van der Waals surface area (Å²) in [5.41, 5.74) is 7.33. The van der Waals surface area contributed by atoms with Gasteiger partial charge in [0.1, 0.15) is 18.6 Å². The molecule has 3 N–H and O–H groups in total. The number of aldehydes is 1. The number of hydrogen-bond donors (Lipinski definition) is 2. The van der Waals surface area contributed by atoms with E-state index < -0.39 is 11.5 Å². The normalized spacial score (nSPS) is 23.5. The minimum absolute atomic E-state index is 0. The van der Waals surface area contributed by atoms with Crippen LogP contribution in [0.4, 0.5) is 0 Å². The lowest BCUT2D eigenvalue weighted by Gasteiger charge is -2.33. The van der Waals surface area contributed by atoms with Crippen LogP contribution in [-0.2, 0) is 10.3 Å². The fourth-order valence-electron chi connectivity index (χ4n) is 3.75. The van der Waals surface area contributed by atoms with Crippen LogP contribution < -0.4 is 15.8 Å². The van der Waals surface area contributed by atoms with Crippen molar-refractivity contribution in [2.45, 2.75) is 38.1 Å². The third kappa shape index (κ3) is 3.93. The van der Waals surface area contributed by atoms with Crippen molar-refractivity contribution in [3.05, 3.63) is 45.6 Å². The maximum atomic E-state index is 12.1. The molecule has 4 rings (SSSR count). The number of carbonyl (C=O) groups is 1. The molecule has 0 radical (unpaired) electrons. The molecule has 0 amide bonds. The van der Waals surface area contributed by atoms with E-state index in [1.807, 2.05) is 32.0 Å². The lowest BCUT2D eigenvalue weighted by Crippen LogP contribution is -2.41. The molecule has 9 heteroatoms. The summed E-state index contributed by atoms with van der Waals surface area (Å²) in [6.45, 7) is 4.71. The average Bonchev–Trinajstić information content (AvgIpc) is 3.35. The molecule has 29 heavy (non-hydrogen) atoms. The van der Waals surface area contributed by atoms with Gasteiger partial charge < -0.3 is 25.0 Å². The molecule has 1 aliphatic heterocycles. The molecule has 2 heterocycles. The fourth-order valence-corrected chi connectivity index (χ4v) is 4.11. The molecule has 156 valence electrons. The Morgan fingerprint density at radius 3 is 2.83 bits per heavy atom. The Kier molecular flexibility index (Phi) is 6.36. The van der Waals surface area contributed by atoms with Gasteiger partial charge in [-0.15, -0.1) is 22.6 Å². The van der Waals surface area contributed by atoms with E-state index in [-0.39, 0.29) is 12.4 Å². The lowest BCUT2D eigenvalue weighted by molar-refractivity contribution is -0.111. The van der Waals surface area contributed by atoms with Gasteiger partial charge in [-0.1, -0.05) is 15.9 Å². The minimum Gasteiger partial charge on any atom is -0.492 e. The van der Waals surface area contributed by atoms with Crippen molar-refractivity contribution in [1.29, 1.82) is 0 Å². The number of halogens is 2. The van der Waals surface area contributed by atoms with Gasteiger partial charge in [-0.2, -0.15) is 0 Å². The molecule has 7 nitrogen and oxygen atoms in total. The van der Waals surface area contributed by atoms with Crippen LogP contribution in [0.15, 0.2) is 32.7 Å². The Morgan fingerprint density at radius 1 is 1.41 bits per heavy atom. The molecular weight excluding hydrogens is 460 g/mol. The Labute approximate surface area is 184 Å². The second-order valence-corrected chi connectivity index (χ2v) is 8.41. The summed E-state index contributed by atoms with van der Waals surface area (Å²) in [5, 5.41) is 11.9. The smallest absolute Gasteiger partial charge is 0.263 e. The average molecular weight is 484 g/mol. The zero-order valence-electron chi connectivity index (χ0n) is 16.3. The number of rotatable bonds is 7. The molecule has 0 saturated heterocycles. The molecule has 2 aliphatic rings. The number of ether oxygens (including phenoxy) is 1. The first kappa shape index (κ1) is 21.8. The summed E-state index contributed by atoms with van der Waals surface area (Å²) in [6.07, 6.45) is 3.13. The molecule has 2 atom stereocenters. The van der Waals surface area contributed by atoms with Gasteiger partial charge in [0.15, 0.2) is 0 Å².